The second-order valence-electron chi connectivity index (χ2n) is 8.31. The Morgan fingerprint density at radius 3 is 1.75 bits per heavy atom. The van der Waals surface area contributed by atoms with E-state index in [4.69, 9.17) is 28.4 Å². The third kappa shape index (κ3) is 6.43. The van der Waals surface area contributed by atoms with Gasteiger partial charge in [-0.2, -0.15) is 0 Å². The molecule has 1 heterocycles. The first-order valence-corrected chi connectivity index (χ1v) is 10.8. The van der Waals surface area contributed by atoms with Gasteiger partial charge in [0, 0.05) is 0 Å². The van der Waals surface area contributed by atoms with E-state index in [2.05, 4.69) is 0 Å². The molecule has 0 aromatic heterocycles. The van der Waals surface area contributed by atoms with Crippen LogP contribution < -0.4 is 9.47 Å². The van der Waals surface area contributed by atoms with Crippen LogP contribution >= 0.6 is 0 Å². The quantitative estimate of drug-likeness (QED) is 0.564. The predicted molar refractivity (Wildman–Crippen MR) is 120 cm³/mol. The van der Waals surface area contributed by atoms with Crippen LogP contribution in [0.5, 0.6) is 11.5 Å². The van der Waals surface area contributed by atoms with Gasteiger partial charge in [-0.25, -0.2) is 0 Å². The lowest BCUT2D eigenvalue weighted by Gasteiger charge is -2.28. The summed E-state index contributed by atoms with van der Waals surface area (Å²) >= 11 is 0. The monoisotopic (exact) mass is 446 g/mol. The smallest absolute Gasteiger partial charge is 0.164 e. The summed E-state index contributed by atoms with van der Waals surface area (Å²) in [7, 11) is 3.27. The molecule has 32 heavy (non-hydrogen) atoms. The number of methoxy groups -OCH3 is 2. The molecule has 2 aromatic carbocycles. The van der Waals surface area contributed by atoms with Gasteiger partial charge >= 0.3 is 0 Å². The third-order valence-corrected chi connectivity index (χ3v) is 5.47. The van der Waals surface area contributed by atoms with Crippen LogP contribution in [0.15, 0.2) is 48.5 Å². The van der Waals surface area contributed by atoms with Gasteiger partial charge in [-0.05, 0) is 56.2 Å². The summed E-state index contributed by atoms with van der Waals surface area (Å²) in [5.41, 5.74) is 2.00. The number of hydrogen-bond acceptors (Lipinski definition) is 7. The Morgan fingerprint density at radius 1 is 0.812 bits per heavy atom. The van der Waals surface area contributed by atoms with Crippen molar-refractivity contribution in [3.63, 3.8) is 0 Å². The number of aliphatic hydroxyl groups excluding tert-OH is 1. The molecule has 0 aliphatic carbocycles. The van der Waals surface area contributed by atoms with Gasteiger partial charge in [0.15, 0.2) is 5.79 Å². The molecule has 0 saturated carbocycles. The number of benzene rings is 2. The minimum absolute atomic E-state index is 0.192. The average molecular weight is 447 g/mol. The fourth-order valence-electron chi connectivity index (χ4n) is 3.69. The van der Waals surface area contributed by atoms with Crippen LogP contribution in [-0.2, 0) is 32.2 Å². The van der Waals surface area contributed by atoms with E-state index >= 15 is 0 Å². The first-order valence-electron chi connectivity index (χ1n) is 10.8. The van der Waals surface area contributed by atoms with Crippen LogP contribution in [0.2, 0.25) is 0 Å². The Hall–Kier alpha value is -2.16. The van der Waals surface area contributed by atoms with Gasteiger partial charge in [-0.15, -0.1) is 0 Å². The zero-order chi connectivity index (χ0) is 23.1. The van der Waals surface area contributed by atoms with Crippen molar-refractivity contribution in [1.82, 2.24) is 0 Å². The number of ether oxygens (including phenoxy) is 6. The van der Waals surface area contributed by atoms with E-state index in [-0.39, 0.29) is 12.7 Å². The SMILES string of the molecule is COc1ccc(CO[C@@H](C)[C@@H]2OC(C)(C)O[C@@H]2[C@@H](CO)OCc2ccc(OC)cc2)cc1. The summed E-state index contributed by atoms with van der Waals surface area (Å²) in [4.78, 5) is 0. The fraction of sp³-hybridized carbons (Fsp3) is 0.520. The Kier molecular flexibility index (Phi) is 8.51. The second kappa shape index (κ2) is 11.1. The van der Waals surface area contributed by atoms with Crippen LogP contribution in [0.1, 0.15) is 31.9 Å². The van der Waals surface area contributed by atoms with Gasteiger partial charge in [0.05, 0.1) is 40.1 Å². The lowest BCUT2D eigenvalue weighted by atomic mass is 10.0. The molecule has 0 unspecified atom stereocenters. The van der Waals surface area contributed by atoms with Crippen molar-refractivity contribution in [2.45, 2.75) is 64.2 Å². The molecule has 176 valence electrons. The minimum Gasteiger partial charge on any atom is -0.497 e. The zero-order valence-corrected chi connectivity index (χ0v) is 19.4. The van der Waals surface area contributed by atoms with Crippen LogP contribution in [0.4, 0.5) is 0 Å². The number of aliphatic hydroxyl groups is 1. The van der Waals surface area contributed by atoms with Gasteiger partial charge in [-0.1, -0.05) is 24.3 Å². The van der Waals surface area contributed by atoms with Crippen molar-refractivity contribution in [3.05, 3.63) is 59.7 Å². The fourth-order valence-corrected chi connectivity index (χ4v) is 3.69. The van der Waals surface area contributed by atoms with Crippen molar-refractivity contribution in [1.29, 1.82) is 0 Å². The summed E-state index contributed by atoms with van der Waals surface area (Å²) in [6, 6.07) is 15.4. The summed E-state index contributed by atoms with van der Waals surface area (Å²) in [6.45, 7) is 6.23. The van der Waals surface area contributed by atoms with Gasteiger partial charge in [0.1, 0.15) is 29.8 Å². The third-order valence-electron chi connectivity index (χ3n) is 5.47. The predicted octanol–water partition coefficient (Wildman–Crippen LogP) is 3.71. The van der Waals surface area contributed by atoms with Crippen LogP contribution in [0, 0.1) is 0 Å². The topological polar surface area (TPSA) is 75.6 Å². The van der Waals surface area contributed by atoms with E-state index in [0.717, 1.165) is 22.6 Å². The molecule has 0 spiro atoms. The molecule has 7 heteroatoms. The highest BCUT2D eigenvalue weighted by atomic mass is 16.8. The normalized spacial score (nSPS) is 21.8. The van der Waals surface area contributed by atoms with Crippen molar-refractivity contribution < 1.29 is 33.5 Å². The molecule has 0 radical (unpaired) electrons. The van der Waals surface area contributed by atoms with E-state index in [1.807, 2.05) is 69.3 Å². The first kappa shape index (κ1) is 24.5. The number of hydrogen-bond donors (Lipinski definition) is 1. The molecule has 0 amide bonds. The molecule has 4 atom stereocenters. The molecule has 7 nitrogen and oxygen atoms in total. The van der Waals surface area contributed by atoms with E-state index in [1.54, 1.807) is 14.2 Å². The first-order chi connectivity index (χ1) is 15.3. The summed E-state index contributed by atoms with van der Waals surface area (Å²) < 4.78 is 34.8. The Balaban J connectivity index is 1.62. The largest absolute Gasteiger partial charge is 0.497 e. The molecular formula is C25H34O7. The standard InChI is InChI=1S/C25H34O7/c1-17(29-15-18-6-10-20(27-4)11-7-18)23-24(32-25(2,3)31-23)22(14-26)30-16-19-8-12-21(28-5)13-9-19/h6-13,17,22-24,26H,14-16H2,1-5H3/t17-,22+,23-,24+/m0/s1. The molecule has 1 aliphatic heterocycles. The van der Waals surface area contributed by atoms with Crippen molar-refractivity contribution in [2.24, 2.45) is 0 Å². The van der Waals surface area contributed by atoms with Crippen LogP contribution in [-0.4, -0.2) is 56.1 Å². The maximum atomic E-state index is 10.0. The number of rotatable bonds is 11. The van der Waals surface area contributed by atoms with Gasteiger partial charge in [-0.3, -0.25) is 0 Å². The highest BCUT2D eigenvalue weighted by molar-refractivity contribution is 5.27. The maximum Gasteiger partial charge on any atom is 0.164 e. The van der Waals surface area contributed by atoms with E-state index in [9.17, 15) is 5.11 Å². The average Bonchev–Trinajstić information content (AvgIpc) is 3.14. The molecule has 3 rings (SSSR count). The van der Waals surface area contributed by atoms with Crippen molar-refractivity contribution in [3.8, 4) is 11.5 Å². The Labute approximate surface area is 190 Å². The molecule has 2 aromatic rings. The molecule has 1 N–H and O–H groups in total. The van der Waals surface area contributed by atoms with Crippen molar-refractivity contribution >= 4 is 0 Å². The lowest BCUT2D eigenvalue weighted by Crippen LogP contribution is -2.45. The molecule has 0 bridgehead atoms. The lowest BCUT2D eigenvalue weighted by molar-refractivity contribution is -0.168. The zero-order valence-electron chi connectivity index (χ0n) is 19.4. The van der Waals surface area contributed by atoms with E-state index in [0.29, 0.717) is 13.2 Å². The summed E-state index contributed by atoms with van der Waals surface area (Å²) in [5.74, 6) is 0.782. The molecule has 1 saturated heterocycles. The second-order valence-corrected chi connectivity index (χ2v) is 8.31. The highest BCUT2D eigenvalue weighted by Crippen LogP contribution is 2.34. The minimum atomic E-state index is -0.802. The summed E-state index contributed by atoms with van der Waals surface area (Å²) in [5, 5.41) is 10.0. The molecule has 1 fully saturated rings. The van der Waals surface area contributed by atoms with Crippen LogP contribution in [0.3, 0.4) is 0 Å². The molecular weight excluding hydrogens is 412 g/mol. The van der Waals surface area contributed by atoms with Crippen molar-refractivity contribution in [2.75, 3.05) is 20.8 Å². The Morgan fingerprint density at radius 2 is 1.28 bits per heavy atom. The van der Waals surface area contributed by atoms with E-state index < -0.39 is 24.1 Å². The summed E-state index contributed by atoms with van der Waals surface area (Å²) in [6.07, 6.45) is -1.70. The Bertz CT molecular complexity index is 819. The molecule has 1 aliphatic rings. The van der Waals surface area contributed by atoms with Gasteiger partial charge in [0.25, 0.3) is 0 Å². The van der Waals surface area contributed by atoms with Crippen LogP contribution in [0.25, 0.3) is 0 Å². The maximum absolute atomic E-state index is 10.0. The van der Waals surface area contributed by atoms with E-state index in [1.165, 1.54) is 0 Å². The van der Waals surface area contributed by atoms with Gasteiger partial charge in [0.2, 0.25) is 0 Å². The highest BCUT2D eigenvalue weighted by Gasteiger charge is 2.48. The van der Waals surface area contributed by atoms with Gasteiger partial charge < -0.3 is 33.5 Å².